The molecule has 0 saturated carbocycles. The molecule has 2 rings (SSSR count). The number of benzene rings is 2. The van der Waals surface area contributed by atoms with Gasteiger partial charge in [-0.3, -0.25) is 9.59 Å². The van der Waals surface area contributed by atoms with Crippen LogP contribution in [0.15, 0.2) is 48.5 Å². The Labute approximate surface area is 190 Å². The Bertz CT molecular complexity index is 848. The molecule has 0 unspecified atom stereocenters. The van der Waals surface area contributed by atoms with E-state index < -0.39 is 6.04 Å². The fourth-order valence-corrected chi connectivity index (χ4v) is 3.39. The summed E-state index contributed by atoms with van der Waals surface area (Å²) in [6.07, 6.45) is 0.501. The Balaban J connectivity index is 2.17. The molecule has 1 atom stereocenters. The van der Waals surface area contributed by atoms with Crippen LogP contribution in [0.1, 0.15) is 58.1 Å². The predicted octanol–water partition coefficient (Wildman–Crippen LogP) is 5.17. The highest BCUT2D eigenvalue weighted by Gasteiger charge is 2.29. The van der Waals surface area contributed by atoms with E-state index >= 15 is 0 Å². The fraction of sp³-hybridized carbons (Fsp3) is 0.440. The molecule has 6 heteroatoms. The van der Waals surface area contributed by atoms with Crippen LogP contribution in [-0.4, -0.2) is 35.4 Å². The second kappa shape index (κ2) is 11.8. The van der Waals surface area contributed by atoms with Crippen molar-refractivity contribution >= 4 is 23.4 Å². The quantitative estimate of drug-likeness (QED) is 0.549. The van der Waals surface area contributed by atoms with E-state index in [4.69, 9.17) is 16.3 Å². The number of hydrogen-bond donors (Lipinski definition) is 1. The summed E-state index contributed by atoms with van der Waals surface area (Å²) in [5.74, 6) is 0.647. The Kier molecular flexibility index (Phi) is 9.38. The second-order valence-corrected chi connectivity index (χ2v) is 8.68. The number of carbonyl (C=O) groups is 2. The molecule has 31 heavy (non-hydrogen) atoms. The van der Waals surface area contributed by atoms with E-state index in [9.17, 15) is 9.59 Å². The number of amides is 2. The summed E-state index contributed by atoms with van der Waals surface area (Å²) in [6.45, 7) is 10.1. The van der Waals surface area contributed by atoms with Crippen LogP contribution in [0.5, 0.6) is 5.75 Å². The number of ether oxygens (including phenoxy) is 1. The fourth-order valence-electron chi connectivity index (χ4n) is 3.26. The third-order valence-corrected chi connectivity index (χ3v) is 5.24. The van der Waals surface area contributed by atoms with Crippen molar-refractivity contribution in [2.24, 2.45) is 0 Å². The molecule has 0 aliphatic heterocycles. The lowest BCUT2D eigenvalue weighted by Crippen LogP contribution is -2.51. The van der Waals surface area contributed by atoms with Crippen molar-refractivity contribution in [3.05, 3.63) is 64.7 Å². The molecule has 0 aromatic heterocycles. The SMILES string of the molecule is CC[C@H](C(=O)NC(C)C)N(Cc1ccc(Cl)cc1)C(=O)COc1ccc(C(C)C)cc1. The summed E-state index contributed by atoms with van der Waals surface area (Å²) >= 11 is 5.99. The maximum absolute atomic E-state index is 13.1. The van der Waals surface area contributed by atoms with Crippen molar-refractivity contribution in [2.75, 3.05) is 6.61 Å². The maximum Gasteiger partial charge on any atom is 0.261 e. The van der Waals surface area contributed by atoms with Crippen molar-refractivity contribution in [1.29, 1.82) is 0 Å². The first-order chi connectivity index (χ1) is 14.7. The van der Waals surface area contributed by atoms with Gasteiger partial charge in [-0.1, -0.05) is 56.6 Å². The number of carbonyl (C=O) groups excluding carboxylic acids is 2. The van der Waals surface area contributed by atoms with Crippen molar-refractivity contribution in [2.45, 2.75) is 65.6 Å². The van der Waals surface area contributed by atoms with Crippen LogP contribution >= 0.6 is 11.6 Å². The highest BCUT2D eigenvalue weighted by molar-refractivity contribution is 6.30. The average Bonchev–Trinajstić information content (AvgIpc) is 2.73. The van der Waals surface area contributed by atoms with E-state index in [0.29, 0.717) is 29.7 Å². The molecular formula is C25H33ClN2O3. The van der Waals surface area contributed by atoms with Gasteiger partial charge in [0.2, 0.25) is 5.91 Å². The van der Waals surface area contributed by atoms with Gasteiger partial charge in [0.1, 0.15) is 11.8 Å². The monoisotopic (exact) mass is 444 g/mol. The summed E-state index contributed by atoms with van der Waals surface area (Å²) in [4.78, 5) is 27.5. The lowest BCUT2D eigenvalue weighted by atomic mass is 10.0. The zero-order valence-corrected chi connectivity index (χ0v) is 19.8. The Hall–Kier alpha value is -2.53. The van der Waals surface area contributed by atoms with Crippen LogP contribution in [0.2, 0.25) is 5.02 Å². The van der Waals surface area contributed by atoms with Gasteiger partial charge in [0.25, 0.3) is 5.91 Å². The summed E-state index contributed by atoms with van der Waals surface area (Å²) in [6, 6.07) is 14.4. The van der Waals surface area contributed by atoms with E-state index in [0.717, 1.165) is 5.56 Å². The molecule has 0 aliphatic carbocycles. The van der Waals surface area contributed by atoms with Crippen molar-refractivity contribution < 1.29 is 14.3 Å². The normalized spacial score (nSPS) is 12.0. The molecule has 5 nitrogen and oxygen atoms in total. The van der Waals surface area contributed by atoms with Gasteiger partial charge in [-0.25, -0.2) is 0 Å². The van der Waals surface area contributed by atoms with E-state index in [2.05, 4.69) is 19.2 Å². The molecule has 0 heterocycles. The molecule has 1 N–H and O–H groups in total. The van der Waals surface area contributed by atoms with Gasteiger partial charge in [0.15, 0.2) is 6.61 Å². The first kappa shape index (κ1) is 24.7. The van der Waals surface area contributed by atoms with Crippen LogP contribution in [0.3, 0.4) is 0 Å². The number of hydrogen-bond acceptors (Lipinski definition) is 3. The summed E-state index contributed by atoms with van der Waals surface area (Å²) < 4.78 is 5.75. The highest BCUT2D eigenvalue weighted by Crippen LogP contribution is 2.20. The van der Waals surface area contributed by atoms with Crippen LogP contribution in [0.25, 0.3) is 0 Å². The zero-order valence-electron chi connectivity index (χ0n) is 19.0. The summed E-state index contributed by atoms with van der Waals surface area (Å²) in [7, 11) is 0. The van der Waals surface area contributed by atoms with Gasteiger partial charge in [-0.2, -0.15) is 0 Å². The van der Waals surface area contributed by atoms with Crippen molar-refractivity contribution in [3.63, 3.8) is 0 Å². The molecule has 0 aliphatic rings. The van der Waals surface area contributed by atoms with Crippen LogP contribution in [0, 0.1) is 0 Å². The molecular weight excluding hydrogens is 412 g/mol. The second-order valence-electron chi connectivity index (χ2n) is 8.25. The largest absolute Gasteiger partial charge is 0.484 e. The molecule has 168 valence electrons. The molecule has 2 aromatic rings. The smallest absolute Gasteiger partial charge is 0.261 e. The van der Waals surface area contributed by atoms with Crippen LogP contribution in [0.4, 0.5) is 0 Å². The lowest BCUT2D eigenvalue weighted by molar-refractivity contribution is -0.143. The van der Waals surface area contributed by atoms with Gasteiger partial charge >= 0.3 is 0 Å². The third kappa shape index (κ3) is 7.59. The van der Waals surface area contributed by atoms with Gasteiger partial charge < -0.3 is 15.0 Å². The van der Waals surface area contributed by atoms with E-state index in [1.54, 1.807) is 17.0 Å². The average molecular weight is 445 g/mol. The number of rotatable bonds is 10. The van der Waals surface area contributed by atoms with E-state index in [1.165, 1.54) is 5.56 Å². The Morgan fingerprint density at radius 2 is 1.61 bits per heavy atom. The molecule has 0 bridgehead atoms. The van der Waals surface area contributed by atoms with Crippen molar-refractivity contribution in [1.82, 2.24) is 10.2 Å². The Morgan fingerprint density at radius 1 is 1.00 bits per heavy atom. The van der Waals surface area contributed by atoms with E-state index in [1.807, 2.05) is 57.2 Å². The van der Waals surface area contributed by atoms with Gasteiger partial charge in [0.05, 0.1) is 0 Å². The Morgan fingerprint density at radius 3 is 2.13 bits per heavy atom. The molecule has 0 fully saturated rings. The predicted molar refractivity (Wildman–Crippen MR) is 125 cm³/mol. The number of halogens is 1. The summed E-state index contributed by atoms with van der Waals surface area (Å²) in [5, 5.41) is 3.54. The van der Waals surface area contributed by atoms with Crippen molar-refractivity contribution in [3.8, 4) is 5.75 Å². The minimum absolute atomic E-state index is 0.00949. The van der Waals surface area contributed by atoms with Gasteiger partial charge in [-0.05, 0) is 61.6 Å². The third-order valence-electron chi connectivity index (χ3n) is 4.99. The first-order valence-electron chi connectivity index (χ1n) is 10.8. The molecule has 0 radical (unpaired) electrons. The molecule has 0 saturated heterocycles. The topological polar surface area (TPSA) is 58.6 Å². The maximum atomic E-state index is 13.1. The lowest BCUT2D eigenvalue weighted by Gasteiger charge is -2.31. The molecule has 2 aromatic carbocycles. The summed E-state index contributed by atoms with van der Waals surface area (Å²) in [5.41, 5.74) is 2.11. The van der Waals surface area contributed by atoms with Gasteiger partial charge in [-0.15, -0.1) is 0 Å². The molecule has 2 amide bonds. The van der Waals surface area contributed by atoms with Crippen LogP contribution in [-0.2, 0) is 16.1 Å². The zero-order chi connectivity index (χ0) is 23.0. The first-order valence-corrected chi connectivity index (χ1v) is 11.2. The minimum atomic E-state index is -0.586. The van der Waals surface area contributed by atoms with Gasteiger partial charge in [0, 0.05) is 17.6 Å². The van der Waals surface area contributed by atoms with E-state index in [-0.39, 0.29) is 24.5 Å². The van der Waals surface area contributed by atoms with Crippen LogP contribution < -0.4 is 10.1 Å². The highest BCUT2D eigenvalue weighted by atomic mass is 35.5. The number of nitrogens with one attached hydrogen (secondary N) is 1. The standard InChI is InChI=1S/C25H33ClN2O3/c1-6-23(25(30)27-18(4)5)28(15-19-7-11-21(26)12-8-19)24(29)16-31-22-13-9-20(10-14-22)17(2)3/h7-14,17-18,23H,6,15-16H2,1-5H3,(H,27,30)/t23-/m1/s1. The minimum Gasteiger partial charge on any atom is -0.484 e. The molecule has 0 spiro atoms. The number of nitrogens with zero attached hydrogens (tertiary/aromatic N) is 1.